The largest absolute Gasteiger partial charge is 0.497 e. The summed E-state index contributed by atoms with van der Waals surface area (Å²) in [6.07, 6.45) is 0. The van der Waals surface area contributed by atoms with Gasteiger partial charge >= 0.3 is 0 Å². The van der Waals surface area contributed by atoms with Gasteiger partial charge in [0.2, 0.25) is 11.8 Å². The summed E-state index contributed by atoms with van der Waals surface area (Å²) in [6, 6.07) is 11.6. The van der Waals surface area contributed by atoms with Crippen molar-refractivity contribution < 1.29 is 14.2 Å². The van der Waals surface area contributed by atoms with Crippen LogP contribution >= 0.6 is 11.3 Å². The molecule has 3 aromatic rings. The van der Waals surface area contributed by atoms with Crippen LogP contribution in [0.5, 0.6) is 17.4 Å². The van der Waals surface area contributed by atoms with Crippen molar-refractivity contribution in [1.29, 1.82) is 5.26 Å². The van der Waals surface area contributed by atoms with E-state index in [1.54, 1.807) is 37.7 Å². The molecular weight excluding hydrogens is 364 g/mol. The second-order valence-electron chi connectivity index (χ2n) is 5.83. The molecule has 3 N–H and O–H groups in total. The SMILES string of the molecule is COc1ccc(OC)c(C2C(C#N)=C(N)Oc3n[nH]c(-c4cccs4)c32)c1. The van der Waals surface area contributed by atoms with E-state index >= 15 is 0 Å². The molecule has 2 aromatic heterocycles. The number of aromatic nitrogens is 2. The van der Waals surface area contributed by atoms with Crippen molar-refractivity contribution in [2.24, 2.45) is 5.73 Å². The number of nitriles is 1. The van der Waals surface area contributed by atoms with Crippen molar-refractivity contribution in [2.75, 3.05) is 14.2 Å². The van der Waals surface area contributed by atoms with Gasteiger partial charge < -0.3 is 19.9 Å². The minimum absolute atomic E-state index is 0.0316. The van der Waals surface area contributed by atoms with Gasteiger partial charge in [0, 0.05) is 5.56 Å². The third-order valence-corrected chi connectivity index (χ3v) is 5.34. The van der Waals surface area contributed by atoms with Crippen LogP contribution in [0.25, 0.3) is 10.6 Å². The fourth-order valence-electron chi connectivity index (χ4n) is 3.23. The lowest BCUT2D eigenvalue weighted by molar-refractivity contribution is 0.373. The van der Waals surface area contributed by atoms with Gasteiger partial charge in [-0.3, -0.25) is 5.10 Å². The van der Waals surface area contributed by atoms with Gasteiger partial charge in [-0.05, 0) is 29.6 Å². The Balaban J connectivity index is 2.00. The lowest BCUT2D eigenvalue weighted by Gasteiger charge is -2.25. The Morgan fingerprint density at radius 2 is 2.15 bits per heavy atom. The van der Waals surface area contributed by atoms with Gasteiger partial charge in [0.05, 0.1) is 36.3 Å². The number of rotatable bonds is 4. The first-order valence-corrected chi connectivity index (χ1v) is 8.97. The fraction of sp³-hybridized carbons (Fsp3) is 0.158. The number of methoxy groups -OCH3 is 2. The molecule has 7 nitrogen and oxygen atoms in total. The van der Waals surface area contributed by atoms with E-state index in [1.807, 2.05) is 23.6 Å². The van der Waals surface area contributed by atoms with Crippen LogP contribution in [-0.4, -0.2) is 24.4 Å². The van der Waals surface area contributed by atoms with Crippen LogP contribution in [0.15, 0.2) is 47.2 Å². The zero-order valence-corrected chi connectivity index (χ0v) is 15.5. The molecular formula is C19H16N4O3S. The first kappa shape index (κ1) is 17.0. The highest BCUT2D eigenvalue weighted by Crippen LogP contribution is 2.49. The number of nitrogens with one attached hydrogen (secondary N) is 1. The lowest BCUT2D eigenvalue weighted by atomic mass is 9.83. The lowest BCUT2D eigenvalue weighted by Crippen LogP contribution is -2.21. The molecule has 0 radical (unpaired) electrons. The minimum Gasteiger partial charge on any atom is -0.497 e. The summed E-state index contributed by atoms with van der Waals surface area (Å²) in [7, 11) is 3.17. The average molecular weight is 380 g/mol. The summed E-state index contributed by atoms with van der Waals surface area (Å²) < 4.78 is 16.5. The molecule has 3 heterocycles. The van der Waals surface area contributed by atoms with Gasteiger partial charge in [-0.15, -0.1) is 16.4 Å². The Hall–Kier alpha value is -3.44. The highest BCUT2D eigenvalue weighted by atomic mass is 32.1. The van der Waals surface area contributed by atoms with Crippen LogP contribution < -0.4 is 19.9 Å². The Morgan fingerprint density at radius 1 is 1.30 bits per heavy atom. The van der Waals surface area contributed by atoms with Crippen molar-refractivity contribution in [3.63, 3.8) is 0 Å². The number of H-pyrrole nitrogens is 1. The molecule has 0 amide bonds. The number of fused-ring (bicyclic) bond motifs is 1. The molecule has 1 unspecified atom stereocenters. The van der Waals surface area contributed by atoms with Gasteiger partial charge in [0.1, 0.15) is 23.1 Å². The molecule has 136 valence electrons. The van der Waals surface area contributed by atoms with Crippen LogP contribution in [0.2, 0.25) is 0 Å². The number of thiophene rings is 1. The maximum atomic E-state index is 9.80. The van der Waals surface area contributed by atoms with Crippen LogP contribution in [0.1, 0.15) is 17.0 Å². The summed E-state index contributed by atoms with van der Waals surface area (Å²) in [5.41, 5.74) is 8.62. The zero-order valence-electron chi connectivity index (χ0n) is 14.6. The predicted molar refractivity (Wildman–Crippen MR) is 101 cm³/mol. The number of hydrogen-bond acceptors (Lipinski definition) is 7. The summed E-state index contributed by atoms with van der Waals surface area (Å²) in [4.78, 5) is 0.983. The van der Waals surface area contributed by atoms with E-state index in [4.69, 9.17) is 19.9 Å². The van der Waals surface area contributed by atoms with Gasteiger partial charge in [-0.1, -0.05) is 6.07 Å². The number of aromatic amines is 1. The molecule has 27 heavy (non-hydrogen) atoms. The summed E-state index contributed by atoms with van der Waals surface area (Å²) >= 11 is 1.56. The first-order chi connectivity index (χ1) is 13.2. The first-order valence-electron chi connectivity index (χ1n) is 8.09. The van der Waals surface area contributed by atoms with E-state index in [0.29, 0.717) is 23.0 Å². The Labute approximate surface area is 159 Å². The van der Waals surface area contributed by atoms with Crippen molar-refractivity contribution in [1.82, 2.24) is 10.2 Å². The van der Waals surface area contributed by atoms with Gasteiger partial charge in [-0.25, -0.2) is 0 Å². The number of allylic oxidation sites excluding steroid dienone is 1. The number of ether oxygens (including phenoxy) is 3. The number of nitrogens with zero attached hydrogens (tertiary/aromatic N) is 2. The molecule has 0 saturated carbocycles. The van der Waals surface area contributed by atoms with Crippen molar-refractivity contribution in [3.8, 4) is 34.0 Å². The van der Waals surface area contributed by atoms with E-state index in [2.05, 4.69) is 16.3 Å². The molecule has 1 aliphatic rings. The van der Waals surface area contributed by atoms with Crippen LogP contribution in [0.4, 0.5) is 0 Å². The molecule has 1 aliphatic heterocycles. The van der Waals surface area contributed by atoms with Crippen molar-refractivity contribution >= 4 is 11.3 Å². The van der Waals surface area contributed by atoms with Crippen molar-refractivity contribution in [3.05, 3.63) is 58.3 Å². The molecule has 1 aromatic carbocycles. The van der Waals surface area contributed by atoms with E-state index < -0.39 is 5.92 Å². The third-order valence-electron chi connectivity index (χ3n) is 4.45. The second-order valence-corrected chi connectivity index (χ2v) is 6.78. The van der Waals surface area contributed by atoms with Crippen molar-refractivity contribution in [2.45, 2.75) is 5.92 Å². The Kier molecular flexibility index (Phi) is 4.22. The van der Waals surface area contributed by atoms with E-state index in [9.17, 15) is 5.26 Å². The number of nitrogens with two attached hydrogens (primary N) is 1. The second kappa shape index (κ2) is 6.70. The molecule has 8 heteroatoms. The Bertz CT molecular complexity index is 1060. The summed E-state index contributed by atoms with van der Waals surface area (Å²) in [6.45, 7) is 0. The van der Waals surface area contributed by atoms with Gasteiger partial charge in [-0.2, -0.15) is 5.26 Å². The topological polar surface area (TPSA) is 106 Å². The van der Waals surface area contributed by atoms with E-state index in [-0.39, 0.29) is 5.88 Å². The van der Waals surface area contributed by atoms with E-state index in [0.717, 1.165) is 21.7 Å². The van der Waals surface area contributed by atoms with Gasteiger partial charge in [0.15, 0.2) is 0 Å². The maximum Gasteiger partial charge on any atom is 0.244 e. The minimum atomic E-state index is -0.500. The quantitative estimate of drug-likeness (QED) is 0.719. The number of benzene rings is 1. The number of hydrogen-bond donors (Lipinski definition) is 2. The smallest absolute Gasteiger partial charge is 0.244 e. The summed E-state index contributed by atoms with van der Waals surface area (Å²) in [5.74, 6) is 1.15. The highest BCUT2D eigenvalue weighted by Gasteiger charge is 2.37. The molecule has 0 saturated heterocycles. The monoisotopic (exact) mass is 380 g/mol. The molecule has 0 fully saturated rings. The normalized spacial score (nSPS) is 15.7. The standard InChI is InChI=1S/C19H16N4O3S/c1-24-10-5-6-13(25-2)11(8-10)15-12(9-20)18(21)26-19-16(15)17(22-23-19)14-4-3-7-27-14/h3-8,15H,21H2,1-2H3,(H,22,23). The molecule has 0 bridgehead atoms. The summed E-state index contributed by atoms with van der Waals surface area (Å²) in [5, 5.41) is 19.1. The average Bonchev–Trinajstić information content (AvgIpc) is 3.35. The highest BCUT2D eigenvalue weighted by molar-refractivity contribution is 7.13. The van der Waals surface area contributed by atoms with Gasteiger partial charge in [0.25, 0.3) is 0 Å². The molecule has 4 rings (SSSR count). The van der Waals surface area contributed by atoms with E-state index in [1.165, 1.54) is 0 Å². The third kappa shape index (κ3) is 2.69. The molecule has 0 spiro atoms. The molecule has 1 atom stereocenters. The predicted octanol–water partition coefficient (Wildman–Crippen LogP) is 3.37. The van der Waals surface area contributed by atoms with Crippen LogP contribution in [0.3, 0.4) is 0 Å². The molecule has 0 aliphatic carbocycles. The van der Waals surface area contributed by atoms with Crippen LogP contribution in [-0.2, 0) is 0 Å². The Morgan fingerprint density at radius 3 is 2.81 bits per heavy atom. The zero-order chi connectivity index (χ0) is 19.0. The fourth-order valence-corrected chi connectivity index (χ4v) is 3.96. The maximum absolute atomic E-state index is 9.80. The van der Waals surface area contributed by atoms with Crippen LogP contribution in [0, 0.1) is 11.3 Å².